The summed E-state index contributed by atoms with van der Waals surface area (Å²) < 4.78 is 41.6. The average Bonchev–Trinajstić information content (AvgIpc) is 2.35. The number of nitrogens with zero attached hydrogens (tertiary/aromatic N) is 1. The molecule has 0 radical (unpaired) electrons. The molecule has 0 saturated carbocycles. The van der Waals surface area contributed by atoms with E-state index < -0.39 is 11.5 Å². The van der Waals surface area contributed by atoms with Gasteiger partial charge in [0.2, 0.25) is 0 Å². The Kier molecular flexibility index (Phi) is 4.80. The maximum Gasteiger partial charge on any atom is 0.446 e. The molecule has 1 aromatic carbocycles. The molecule has 1 rings (SSSR count). The average molecular weight is 290 g/mol. The predicted octanol–water partition coefficient (Wildman–Crippen LogP) is 2.42. The zero-order valence-corrected chi connectivity index (χ0v) is 10.6. The minimum absolute atomic E-state index is 0.100. The Labute approximate surface area is 111 Å². The topological polar surface area (TPSA) is 76.1 Å². The molecule has 1 aromatic rings. The zero-order valence-electron chi connectivity index (χ0n) is 9.75. The summed E-state index contributed by atoms with van der Waals surface area (Å²) in [7, 11) is 1.12. The smallest absolute Gasteiger partial charge is 0.446 e. The highest BCUT2D eigenvalue weighted by atomic mass is 32.2. The van der Waals surface area contributed by atoms with Crippen LogP contribution in [0.1, 0.15) is 21.5 Å². The van der Waals surface area contributed by atoms with Gasteiger partial charge < -0.3 is 10.5 Å². The minimum Gasteiger partial charge on any atom is -0.465 e. The Bertz CT molecular complexity index is 538. The van der Waals surface area contributed by atoms with E-state index in [0.29, 0.717) is 0 Å². The molecule has 2 N–H and O–H groups in total. The number of hydrogen-bond acceptors (Lipinski definition) is 5. The third-order valence-corrected chi connectivity index (χ3v) is 3.00. The lowest BCUT2D eigenvalue weighted by Crippen LogP contribution is -2.10. The summed E-state index contributed by atoms with van der Waals surface area (Å²) in [6, 6.07) is 3.81. The Morgan fingerprint density at radius 3 is 2.58 bits per heavy atom. The molecule has 0 aromatic heterocycles. The van der Waals surface area contributed by atoms with E-state index >= 15 is 0 Å². The number of thioether (sulfide) groups is 1. The lowest BCUT2D eigenvalue weighted by molar-refractivity contribution is -0.0328. The number of carbonyl (C=O) groups is 1. The number of nitrogens with two attached hydrogens (primary N) is 1. The van der Waals surface area contributed by atoms with Crippen LogP contribution < -0.4 is 5.73 Å². The second-order valence-electron chi connectivity index (χ2n) is 3.36. The third-order valence-electron chi connectivity index (χ3n) is 2.17. The fourth-order valence-electron chi connectivity index (χ4n) is 1.38. The van der Waals surface area contributed by atoms with Gasteiger partial charge in [0.15, 0.2) is 0 Å². The molecule has 0 aliphatic carbocycles. The lowest BCUT2D eigenvalue weighted by atomic mass is 10.0. The molecular formula is C11H9F3N2O2S. The Morgan fingerprint density at radius 2 is 2.16 bits per heavy atom. The highest BCUT2D eigenvalue weighted by Gasteiger charge is 2.31. The number of methoxy groups -OCH3 is 1. The maximum atomic E-state index is 12.4. The number of esters is 1. The lowest BCUT2D eigenvalue weighted by Gasteiger charge is -2.12. The van der Waals surface area contributed by atoms with E-state index in [9.17, 15) is 18.0 Å². The van der Waals surface area contributed by atoms with E-state index in [0.717, 1.165) is 19.2 Å². The fraction of sp³-hybridized carbons (Fsp3) is 0.273. The van der Waals surface area contributed by atoms with Crippen molar-refractivity contribution in [1.29, 1.82) is 5.26 Å². The summed E-state index contributed by atoms with van der Waals surface area (Å²) in [5.41, 5.74) is 0.701. The molecular weight excluding hydrogens is 281 g/mol. The molecule has 102 valence electrons. The van der Waals surface area contributed by atoms with Crippen LogP contribution in [0.3, 0.4) is 0 Å². The highest BCUT2D eigenvalue weighted by molar-refractivity contribution is 8.00. The number of rotatable bonds is 3. The van der Waals surface area contributed by atoms with Crippen molar-refractivity contribution in [3.05, 3.63) is 28.8 Å². The van der Waals surface area contributed by atoms with Crippen LogP contribution in [0.5, 0.6) is 0 Å². The van der Waals surface area contributed by atoms with Gasteiger partial charge in [-0.1, -0.05) is 0 Å². The van der Waals surface area contributed by atoms with Gasteiger partial charge in [-0.3, -0.25) is 0 Å². The maximum absolute atomic E-state index is 12.4. The molecule has 0 heterocycles. The number of benzene rings is 1. The Hall–Kier alpha value is -1.72. The first kappa shape index (κ1) is 15.3. The summed E-state index contributed by atoms with van der Waals surface area (Å²) >= 11 is -0.374. The van der Waals surface area contributed by atoms with Gasteiger partial charge in [0.1, 0.15) is 6.07 Å². The summed E-state index contributed by atoms with van der Waals surface area (Å²) in [4.78, 5) is 11.2. The van der Waals surface area contributed by atoms with Gasteiger partial charge in [-0.05, 0) is 29.5 Å². The molecule has 8 heteroatoms. The van der Waals surface area contributed by atoms with Gasteiger partial charge in [-0.25, -0.2) is 4.79 Å². The van der Waals surface area contributed by atoms with Gasteiger partial charge in [0, 0.05) is 11.4 Å². The van der Waals surface area contributed by atoms with Gasteiger partial charge in [0.05, 0.1) is 18.2 Å². The van der Waals surface area contributed by atoms with Crippen LogP contribution in [0.15, 0.2) is 17.0 Å². The molecule has 4 nitrogen and oxygen atoms in total. The second kappa shape index (κ2) is 5.95. The monoisotopic (exact) mass is 290 g/mol. The Balaban J connectivity index is 3.36. The van der Waals surface area contributed by atoms with Crippen LogP contribution in [0.4, 0.5) is 13.2 Å². The van der Waals surface area contributed by atoms with Gasteiger partial charge in [0.25, 0.3) is 0 Å². The molecule has 0 fully saturated rings. The molecule has 0 spiro atoms. The Morgan fingerprint density at radius 1 is 1.53 bits per heavy atom. The van der Waals surface area contributed by atoms with E-state index in [1.165, 1.54) is 0 Å². The molecule has 0 aliphatic rings. The molecule has 0 unspecified atom stereocenters. The number of carbonyl (C=O) groups excluding carboxylic acids is 1. The normalized spacial score (nSPS) is 10.9. The van der Waals surface area contributed by atoms with Crippen LogP contribution in [-0.2, 0) is 11.3 Å². The van der Waals surface area contributed by atoms with Crippen molar-refractivity contribution >= 4 is 17.7 Å². The first-order valence-electron chi connectivity index (χ1n) is 4.93. The number of nitriles is 1. The number of alkyl halides is 3. The number of halogens is 3. The van der Waals surface area contributed by atoms with Crippen LogP contribution >= 0.6 is 11.8 Å². The number of hydrogen-bond donors (Lipinski definition) is 1. The summed E-state index contributed by atoms with van der Waals surface area (Å²) in [5.74, 6) is -0.796. The molecule has 0 saturated heterocycles. The van der Waals surface area contributed by atoms with Crippen molar-refractivity contribution in [3.63, 3.8) is 0 Å². The minimum atomic E-state index is -4.50. The standard InChI is InChI=1S/C11H9F3N2O2S/c1-18-10(17)8-2-7(5-16)9(3-6(8)4-15)19-11(12,13)14/h2-3H,5,16H2,1H3. The largest absolute Gasteiger partial charge is 0.465 e. The van der Waals surface area contributed by atoms with Crippen LogP contribution in [0.25, 0.3) is 0 Å². The van der Waals surface area contributed by atoms with Gasteiger partial charge in [-0.2, -0.15) is 18.4 Å². The summed E-state index contributed by atoms with van der Waals surface area (Å²) in [6.45, 7) is -0.186. The van der Waals surface area contributed by atoms with Crippen LogP contribution in [0, 0.1) is 11.3 Å². The van der Waals surface area contributed by atoms with E-state index in [4.69, 9.17) is 11.0 Å². The SMILES string of the molecule is COC(=O)c1cc(CN)c(SC(F)(F)F)cc1C#N. The predicted molar refractivity (Wildman–Crippen MR) is 62.3 cm³/mol. The highest BCUT2D eigenvalue weighted by Crippen LogP contribution is 2.39. The first-order valence-corrected chi connectivity index (χ1v) is 5.75. The van der Waals surface area contributed by atoms with E-state index in [1.807, 2.05) is 0 Å². The van der Waals surface area contributed by atoms with E-state index in [2.05, 4.69) is 4.74 Å². The molecule has 0 amide bonds. The first-order chi connectivity index (χ1) is 8.82. The van der Waals surface area contributed by atoms with Crippen molar-refractivity contribution in [1.82, 2.24) is 0 Å². The second-order valence-corrected chi connectivity index (χ2v) is 4.47. The summed E-state index contributed by atoms with van der Waals surface area (Å²) in [6.07, 6.45) is 0. The summed E-state index contributed by atoms with van der Waals surface area (Å²) in [5, 5.41) is 8.87. The van der Waals surface area contributed by atoms with Crippen molar-refractivity contribution in [2.24, 2.45) is 5.73 Å². The number of ether oxygens (including phenoxy) is 1. The van der Waals surface area contributed by atoms with Crippen molar-refractivity contribution in [2.75, 3.05) is 7.11 Å². The molecule has 0 atom stereocenters. The fourth-order valence-corrected chi connectivity index (χ4v) is 2.07. The van der Waals surface area contributed by atoms with E-state index in [1.54, 1.807) is 6.07 Å². The van der Waals surface area contributed by atoms with Crippen molar-refractivity contribution < 1.29 is 22.7 Å². The van der Waals surface area contributed by atoms with E-state index in [-0.39, 0.29) is 39.9 Å². The van der Waals surface area contributed by atoms with Crippen molar-refractivity contribution in [3.8, 4) is 6.07 Å². The third kappa shape index (κ3) is 3.87. The van der Waals surface area contributed by atoms with Crippen LogP contribution in [-0.4, -0.2) is 18.6 Å². The van der Waals surface area contributed by atoms with Gasteiger partial charge >= 0.3 is 11.5 Å². The molecule has 0 bridgehead atoms. The van der Waals surface area contributed by atoms with Gasteiger partial charge in [-0.15, -0.1) is 0 Å². The molecule has 19 heavy (non-hydrogen) atoms. The van der Waals surface area contributed by atoms with Crippen LogP contribution in [0.2, 0.25) is 0 Å². The van der Waals surface area contributed by atoms with Crippen molar-refractivity contribution in [2.45, 2.75) is 16.9 Å². The molecule has 0 aliphatic heterocycles. The quantitative estimate of drug-likeness (QED) is 0.683. The zero-order chi connectivity index (χ0) is 14.6.